The van der Waals surface area contributed by atoms with Gasteiger partial charge >= 0.3 is 0 Å². The normalized spacial score (nSPS) is 12.9. The Labute approximate surface area is 66.9 Å². The second-order valence-electron chi connectivity index (χ2n) is 2.46. The summed E-state index contributed by atoms with van der Waals surface area (Å²) in [5, 5.41) is 12.8. The summed E-state index contributed by atoms with van der Waals surface area (Å²) < 4.78 is 0. The Bertz CT molecular complexity index is 196. The third-order valence-corrected chi connectivity index (χ3v) is 1.38. The number of aliphatic hydroxyl groups excluding tert-OH is 1. The molecule has 0 spiro atoms. The minimum absolute atomic E-state index is 0.560. The van der Waals surface area contributed by atoms with Crippen molar-refractivity contribution in [2.75, 3.05) is 0 Å². The molecule has 1 radical (unpaired) electrons. The maximum atomic E-state index is 8.85. The Morgan fingerprint density at radius 1 is 1.36 bits per heavy atom. The van der Waals surface area contributed by atoms with Crippen molar-refractivity contribution in [3.8, 4) is 0 Å². The fourth-order valence-electron chi connectivity index (χ4n) is 0.821. The summed E-state index contributed by atoms with van der Waals surface area (Å²) in [6.45, 7) is 2.25. The van der Waals surface area contributed by atoms with E-state index in [4.69, 9.17) is 5.11 Å². The summed E-state index contributed by atoms with van der Waals surface area (Å²) in [6, 6.07) is 9.88. The van der Waals surface area contributed by atoms with Crippen molar-refractivity contribution in [3.05, 3.63) is 35.9 Å². The Hall–Kier alpha value is -0.860. The average Bonchev–Trinajstić information content (AvgIpc) is 2.03. The molecule has 1 aromatic carbocycles. The largest absolute Gasteiger partial charge is 0.377 e. The predicted octanol–water partition coefficient (Wildman–Crippen LogP) is 1.13. The van der Waals surface area contributed by atoms with Gasteiger partial charge in [-0.05, 0) is 12.5 Å². The van der Waals surface area contributed by atoms with Gasteiger partial charge < -0.3 is 5.11 Å². The molecule has 0 saturated heterocycles. The quantitative estimate of drug-likeness (QED) is 0.688. The van der Waals surface area contributed by atoms with Crippen molar-refractivity contribution in [1.29, 1.82) is 0 Å². The van der Waals surface area contributed by atoms with Gasteiger partial charge in [0.15, 0.2) is 0 Å². The van der Waals surface area contributed by atoms with Crippen LogP contribution in [0, 0.1) is 0 Å². The van der Waals surface area contributed by atoms with Gasteiger partial charge in [-0.15, -0.1) is 0 Å². The SMILES string of the molecule is CC(O)[N]Cc1ccccc1. The third kappa shape index (κ3) is 3.16. The highest BCUT2D eigenvalue weighted by atomic mass is 16.3. The number of nitrogens with zero attached hydrogens (tertiary/aromatic N) is 1. The Morgan fingerprint density at radius 2 is 2.00 bits per heavy atom. The third-order valence-electron chi connectivity index (χ3n) is 1.38. The summed E-state index contributed by atoms with van der Waals surface area (Å²) in [6.07, 6.45) is -0.560. The van der Waals surface area contributed by atoms with Crippen molar-refractivity contribution in [2.24, 2.45) is 0 Å². The van der Waals surface area contributed by atoms with Gasteiger partial charge in [0.25, 0.3) is 0 Å². The Balaban J connectivity index is 2.39. The van der Waals surface area contributed by atoms with Crippen molar-refractivity contribution < 1.29 is 5.11 Å². The van der Waals surface area contributed by atoms with E-state index in [2.05, 4.69) is 5.32 Å². The van der Waals surface area contributed by atoms with E-state index in [1.54, 1.807) is 6.92 Å². The second kappa shape index (κ2) is 4.11. The Kier molecular flexibility index (Phi) is 3.08. The summed E-state index contributed by atoms with van der Waals surface area (Å²) in [5.41, 5.74) is 1.13. The van der Waals surface area contributed by atoms with Crippen LogP contribution in [0.15, 0.2) is 30.3 Å². The van der Waals surface area contributed by atoms with Crippen LogP contribution in [0.2, 0.25) is 0 Å². The first-order chi connectivity index (χ1) is 5.29. The number of hydrogen-bond acceptors (Lipinski definition) is 1. The van der Waals surface area contributed by atoms with E-state index in [1.165, 1.54) is 0 Å². The minimum Gasteiger partial charge on any atom is -0.377 e. The van der Waals surface area contributed by atoms with E-state index < -0.39 is 6.23 Å². The van der Waals surface area contributed by atoms with Crippen LogP contribution in [0.5, 0.6) is 0 Å². The van der Waals surface area contributed by atoms with Gasteiger partial charge in [0.2, 0.25) is 0 Å². The molecule has 2 heteroatoms. The maximum Gasteiger partial charge on any atom is 0.117 e. The van der Waals surface area contributed by atoms with Crippen molar-refractivity contribution in [3.63, 3.8) is 0 Å². The highest BCUT2D eigenvalue weighted by molar-refractivity contribution is 5.14. The highest BCUT2D eigenvalue weighted by Gasteiger charge is 1.95. The predicted molar refractivity (Wildman–Crippen MR) is 44.0 cm³/mol. The summed E-state index contributed by atoms with van der Waals surface area (Å²) in [7, 11) is 0. The molecule has 0 fully saturated rings. The standard InChI is InChI=1S/C9H12NO/c1-8(11)10-7-9-5-3-2-4-6-9/h2-6,8,11H,7H2,1H3. The first-order valence-corrected chi connectivity index (χ1v) is 3.67. The highest BCUT2D eigenvalue weighted by Crippen LogP contribution is 1.98. The van der Waals surface area contributed by atoms with Crippen LogP contribution in [-0.2, 0) is 6.54 Å². The molecule has 2 nitrogen and oxygen atoms in total. The molecule has 0 aliphatic carbocycles. The molecule has 0 aliphatic rings. The van der Waals surface area contributed by atoms with Crippen LogP contribution in [-0.4, -0.2) is 11.3 Å². The number of hydrogen-bond donors (Lipinski definition) is 1. The zero-order valence-corrected chi connectivity index (χ0v) is 6.57. The number of benzene rings is 1. The monoisotopic (exact) mass is 150 g/mol. The molecule has 0 heterocycles. The molecule has 0 bridgehead atoms. The van der Waals surface area contributed by atoms with Gasteiger partial charge in [0, 0.05) is 6.54 Å². The van der Waals surface area contributed by atoms with E-state index in [-0.39, 0.29) is 0 Å². The number of aliphatic hydroxyl groups is 1. The molecule has 0 amide bonds. The van der Waals surface area contributed by atoms with Gasteiger partial charge in [-0.3, -0.25) is 0 Å². The average molecular weight is 150 g/mol. The maximum absolute atomic E-state index is 8.85. The van der Waals surface area contributed by atoms with E-state index in [0.717, 1.165) is 5.56 Å². The Morgan fingerprint density at radius 3 is 2.55 bits per heavy atom. The summed E-state index contributed by atoms with van der Waals surface area (Å²) in [5.74, 6) is 0. The number of rotatable bonds is 3. The molecule has 59 valence electrons. The van der Waals surface area contributed by atoms with Crippen LogP contribution in [0.3, 0.4) is 0 Å². The summed E-state index contributed by atoms with van der Waals surface area (Å²) in [4.78, 5) is 0. The van der Waals surface area contributed by atoms with E-state index in [1.807, 2.05) is 30.3 Å². The minimum atomic E-state index is -0.560. The van der Waals surface area contributed by atoms with Gasteiger partial charge in [0.1, 0.15) is 6.23 Å². The zero-order valence-electron chi connectivity index (χ0n) is 6.57. The van der Waals surface area contributed by atoms with E-state index in [9.17, 15) is 0 Å². The van der Waals surface area contributed by atoms with Gasteiger partial charge in [-0.1, -0.05) is 30.3 Å². The lowest BCUT2D eigenvalue weighted by atomic mass is 10.2. The molecular formula is C9H12NO. The van der Waals surface area contributed by atoms with Crippen LogP contribution >= 0.6 is 0 Å². The van der Waals surface area contributed by atoms with Crippen molar-refractivity contribution in [1.82, 2.24) is 5.32 Å². The van der Waals surface area contributed by atoms with Crippen molar-refractivity contribution >= 4 is 0 Å². The van der Waals surface area contributed by atoms with E-state index in [0.29, 0.717) is 6.54 Å². The smallest absolute Gasteiger partial charge is 0.117 e. The lowest BCUT2D eigenvalue weighted by molar-refractivity contribution is 0.150. The zero-order chi connectivity index (χ0) is 8.10. The molecule has 1 aromatic rings. The lowest BCUT2D eigenvalue weighted by Crippen LogP contribution is -2.16. The first-order valence-electron chi connectivity index (χ1n) is 3.67. The molecule has 11 heavy (non-hydrogen) atoms. The van der Waals surface area contributed by atoms with Gasteiger partial charge in [0.05, 0.1) is 0 Å². The molecule has 0 saturated carbocycles. The van der Waals surface area contributed by atoms with Gasteiger partial charge in [-0.2, -0.15) is 0 Å². The topological polar surface area (TPSA) is 34.3 Å². The fourth-order valence-corrected chi connectivity index (χ4v) is 0.821. The molecule has 1 N–H and O–H groups in total. The fraction of sp³-hybridized carbons (Fsp3) is 0.333. The molecular weight excluding hydrogens is 138 g/mol. The molecule has 1 unspecified atom stereocenters. The van der Waals surface area contributed by atoms with Crippen molar-refractivity contribution in [2.45, 2.75) is 19.7 Å². The summed E-state index contributed by atoms with van der Waals surface area (Å²) >= 11 is 0. The second-order valence-corrected chi connectivity index (χ2v) is 2.46. The van der Waals surface area contributed by atoms with Crippen LogP contribution in [0.25, 0.3) is 0 Å². The molecule has 1 atom stereocenters. The van der Waals surface area contributed by atoms with E-state index >= 15 is 0 Å². The van der Waals surface area contributed by atoms with Crippen LogP contribution < -0.4 is 5.32 Å². The molecule has 0 aromatic heterocycles. The van der Waals surface area contributed by atoms with Crippen LogP contribution in [0.4, 0.5) is 0 Å². The molecule has 0 aliphatic heterocycles. The van der Waals surface area contributed by atoms with Gasteiger partial charge in [-0.25, -0.2) is 5.32 Å². The van der Waals surface area contributed by atoms with Crippen LogP contribution in [0.1, 0.15) is 12.5 Å². The molecule has 1 rings (SSSR count). The lowest BCUT2D eigenvalue weighted by Gasteiger charge is -2.03. The first kappa shape index (κ1) is 8.24.